The second-order valence-electron chi connectivity index (χ2n) is 10.8. The zero-order valence-electron chi connectivity index (χ0n) is 22.2. The number of aromatic nitrogens is 1. The zero-order valence-corrected chi connectivity index (χ0v) is 22.2. The van der Waals surface area contributed by atoms with Gasteiger partial charge in [0.1, 0.15) is 17.6 Å². The highest BCUT2D eigenvalue weighted by Crippen LogP contribution is 2.43. The van der Waals surface area contributed by atoms with Crippen LogP contribution in [0.1, 0.15) is 55.4 Å². The molecule has 200 valence electrons. The largest absolute Gasteiger partial charge is 0.456 e. The third kappa shape index (κ3) is 5.45. The molecular formula is C31H38N4O3. The number of para-hydroxylation sites is 1. The lowest BCUT2D eigenvalue weighted by molar-refractivity contribution is 0.0384. The van der Waals surface area contributed by atoms with Gasteiger partial charge in [0, 0.05) is 73.4 Å². The number of nitrogens with one attached hydrogen (secondary N) is 2. The molecule has 3 aromatic rings. The van der Waals surface area contributed by atoms with Crippen molar-refractivity contribution in [1.29, 1.82) is 0 Å². The first-order valence-corrected chi connectivity index (χ1v) is 14.1. The van der Waals surface area contributed by atoms with Crippen LogP contribution in [0.15, 0.2) is 59.5 Å². The highest BCUT2D eigenvalue weighted by Gasteiger charge is 2.29. The summed E-state index contributed by atoms with van der Waals surface area (Å²) in [6, 6.07) is 17.0. The SMILES string of the molecule is CCCCN1CCC(Nc2ccc3c(c2)Cc2cccc(C4CN(c5cc[nH]c(=O)c5)CCO4)c2O3)CC1. The number of piperidine rings is 1. The number of anilines is 2. The maximum atomic E-state index is 11.8. The molecule has 6 rings (SSSR count). The van der Waals surface area contributed by atoms with Gasteiger partial charge in [-0.3, -0.25) is 4.79 Å². The van der Waals surface area contributed by atoms with Crippen LogP contribution in [0.4, 0.5) is 11.4 Å². The second-order valence-corrected chi connectivity index (χ2v) is 10.8. The molecule has 38 heavy (non-hydrogen) atoms. The molecule has 0 spiro atoms. The summed E-state index contributed by atoms with van der Waals surface area (Å²) in [6.45, 7) is 7.90. The lowest BCUT2D eigenvalue weighted by atomic mass is 9.95. The minimum Gasteiger partial charge on any atom is -0.456 e. The average molecular weight is 515 g/mol. The number of H-pyrrole nitrogens is 1. The number of hydrogen-bond acceptors (Lipinski definition) is 6. The zero-order chi connectivity index (χ0) is 25.9. The monoisotopic (exact) mass is 514 g/mol. The quantitative estimate of drug-likeness (QED) is 0.348. The number of unbranched alkanes of at least 4 members (excludes halogenated alkanes) is 1. The van der Waals surface area contributed by atoms with Crippen LogP contribution in [0.25, 0.3) is 0 Å². The van der Waals surface area contributed by atoms with Gasteiger partial charge in [-0.05, 0) is 55.6 Å². The molecule has 4 heterocycles. The average Bonchev–Trinajstić information content (AvgIpc) is 2.95. The van der Waals surface area contributed by atoms with Crippen molar-refractivity contribution in [3.05, 3.63) is 81.8 Å². The van der Waals surface area contributed by atoms with Crippen molar-refractivity contribution >= 4 is 11.4 Å². The van der Waals surface area contributed by atoms with E-state index in [0.717, 1.165) is 35.7 Å². The molecule has 2 N–H and O–H groups in total. The van der Waals surface area contributed by atoms with Gasteiger partial charge < -0.3 is 29.6 Å². The molecule has 3 aliphatic heterocycles. The van der Waals surface area contributed by atoms with Crippen LogP contribution >= 0.6 is 0 Å². The molecule has 2 fully saturated rings. The van der Waals surface area contributed by atoms with Gasteiger partial charge in [-0.15, -0.1) is 0 Å². The van der Waals surface area contributed by atoms with Gasteiger partial charge in [0.05, 0.1) is 6.61 Å². The van der Waals surface area contributed by atoms with Crippen LogP contribution in [0.5, 0.6) is 11.5 Å². The Balaban J connectivity index is 1.14. The molecule has 1 unspecified atom stereocenters. The van der Waals surface area contributed by atoms with Crippen LogP contribution in [-0.2, 0) is 11.2 Å². The number of ether oxygens (including phenoxy) is 2. The van der Waals surface area contributed by atoms with E-state index in [-0.39, 0.29) is 11.7 Å². The van der Waals surface area contributed by atoms with E-state index in [1.54, 1.807) is 12.3 Å². The van der Waals surface area contributed by atoms with E-state index in [0.29, 0.717) is 19.2 Å². The first kappa shape index (κ1) is 25.0. The standard InChI is InChI=1S/C31H38N4O3/c1-2-3-13-34-14-10-24(11-15-34)33-25-7-8-28-23(19-25)18-22-5-4-6-27(31(22)38-28)29-21-35(16-17-37-29)26-9-12-32-30(36)20-26/h4-9,12,19-20,24,29,33H,2-3,10-11,13-18,21H2,1H3,(H,32,36). The van der Waals surface area contributed by atoms with Gasteiger partial charge in [0.2, 0.25) is 5.56 Å². The predicted molar refractivity (Wildman–Crippen MR) is 152 cm³/mol. The maximum absolute atomic E-state index is 11.8. The van der Waals surface area contributed by atoms with E-state index in [2.05, 4.69) is 63.4 Å². The summed E-state index contributed by atoms with van der Waals surface area (Å²) >= 11 is 0. The van der Waals surface area contributed by atoms with Crippen LogP contribution in [0.2, 0.25) is 0 Å². The van der Waals surface area contributed by atoms with E-state index in [4.69, 9.17) is 9.47 Å². The Morgan fingerprint density at radius 3 is 2.79 bits per heavy atom. The Morgan fingerprint density at radius 2 is 1.95 bits per heavy atom. The molecule has 0 amide bonds. The van der Waals surface area contributed by atoms with Gasteiger partial charge in [0.15, 0.2) is 0 Å². The van der Waals surface area contributed by atoms with Gasteiger partial charge in [-0.2, -0.15) is 0 Å². The molecule has 2 aromatic carbocycles. The molecule has 3 aliphatic rings. The number of fused-ring (bicyclic) bond motifs is 2. The van der Waals surface area contributed by atoms with Crippen molar-refractivity contribution in [2.24, 2.45) is 0 Å². The Bertz CT molecular complexity index is 1310. The first-order valence-electron chi connectivity index (χ1n) is 14.1. The van der Waals surface area contributed by atoms with Gasteiger partial charge in [0.25, 0.3) is 0 Å². The normalized spacial score (nSPS) is 19.9. The predicted octanol–water partition coefficient (Wildman–Crippen LogP) is 5.33. The van der Waals surface area contributed by atoms with E-state index in [9.17, 15) is 4.79 Å². The summed E-state index contributed by atoms with van der Waals surface area (Å²) in [5.74, 6) is 1.84. The van der Waals surface area contributed by atoms with Crippen molar-refractivity contribution in [2.75, 3.05) is 49.5 Å². The van der Waals surface area contributed by atoms with Gasteiger partial charge in [-0.25, -0.2) is 0 Å². The second kappa shape index (κ2) is 11.2. The molecule has 7 nitrogen and oxygen atoms in total. The van der Waals surface area contributed by atoms with Crippen molar-refractivity contribution in [2.45, 2.75) is 51.2 Å². The Kier molecular flexibility index (Phi) is 7.38. The number of rotatable bonds is 7. The lowest BCUT2D eigenvalue weighted by Gasteiger charge is -2.36. The topological polar surface area (TPSA) is 69.8 Å². The molecular weight excluding hydrogens is 476 g/mol. The minimum atomic E-state index is -0.122. The summed E-state index contributed by atoms with van der Waals surface area (Å²) in [6.07, 6.45) is 7.37. The number of aromatic amines is 1. The highest BCUT2D eigenvalue weighted by atomic mass is 16.5. The van der Waals surface area contributed by atoms with Crippen LogP contribution in [0, 0.1) is 0 Å². The number of likely N-dealkylation sites (tertiary alicyclic amines) is 1. The Labute approximate surface area is 224 Å². The van der Waals surface area contributed by atoms with E-state index in [1.807, 2.05) is 6.07 Å². The molecule has 2 saturated heterocycles. The first-order chi connectivity index (χ1) is 18.7. The van der Waals surface area contributed by atoms with Gasteiger partial charge in [-0.1, -0.05) is 31.5 Å². The molecule has 1 atom stereocenters. The van der Waals surface area contributed by atoms with E-state index >= 15 is 0 Å². The smallest absolute Gasteiger partial charge is 0.249 e. The number of hydrogen-bond donors (Lipinski definition) is 2. The van der Waals surface area contributed by atoms with Crippen molar-refractivity contribution in [3.8, 4) is 11.5 Å². The van der Waals surface area contributed by atoms with E-state index in [1.165, 1.54) is 62.1 Å². The Hall–Kier alpha value is -3.29. The highest BCUT2D eigenvalue weighted by molar-refractivity contribution is 5.59. The Morgan fingerprint density at radius 1 is 1.05 bits per heavy atom. The third-order valence-corrected chi connectivity index (χ3v) is 8.10. The number of nitrogens with zero attached hydrogens (tertiary/aromatic N) is 2. The summed E-state index contributed by atoms with van der Waals surface area (Å²) in [5, 5.41) is 3.79. The number of morpholine rings is 1. The fraction of sp³-hybridized carbons (Fsp3) is 0.452. The third-order valence-electron chi connectivity index (χ3n) is 8.10. The van der Waals surface area contributed by atoms with Crippen LogP contribution < -0.4 is 20.5 Å². The summed E-state index contributed by atoms with van der Waals surface area (Å²) < 4.78 is 12.7. The van der Waals surface area contributed by atoms with Crippen LogP contribution in [0.3, 0.4) is 0 Å². The summed E-state index contributed by atoms with van der Waals surface area (Å²) in [7, 11) is 0. The maximum Gasteiger partial charge on any atom is 0.249 e. The molecule has 0 radical (unpaired) electrons. The summed E-state index contributed by atoms with van der Waals surface area (Å²) in [4.78, 5) is 19.4. The molecule has 0 saturated carbocycles. The summed E-state index contributed by atoms with van der Waals surface area (Å²) in [5.41, 5.74) is 5.49. The van der Waals surface area contributed by atoms with Crippen molar-refractivity contribution in [1.82, 2.24) is 9.88 Å². The lowest BCUT2D eigenvalue weighted by Crippen LogP contribution is -2.39. The van der Waals surface area contributed by atoms with Gasteiger partial charge >= 0.3 is 0 Å². The van der Waals surface area contributed by atoms with E-state index < -0.39 is 0 Å². The van der Waals surface area contributed by atoms with Crippen LogP contribution in [-0.4, -0.2) is 55.3 Å². The van der Waals surface area contributed by atoms with Crippen molar-refractivity contribution < 1.29 is 9.47 Å². The fourth-order valence-electron chi connectivity index (χ4n) is 5.96. The molecule has 0 aliphatic carbocycles. The van der Waals surface area contributed by atoms with Crippen molar-refractivity contribution in [3.63, 3.8) is 0 Å². The molecule has 7 heteroatoms. The fourth-order valence-corrected chi connectivity index (χ4v) is 5.96. The molecule has 0 bridgehead atoms. The number of pyridine rings is 1. The number of benzene rings is 2. The minimum absolute atomic E-state index is 0.0890. The molecule has 1 aromatic heterocycles.